The van der Waals surface area contributed by atoms with Crippen molar-refractivity contribution >= 4 is 79.0 Å². The molecule has 0 N–H and O–H groups in total. The van der Waals surface area contributed by atoms with Gasteiger partial charge in [-0.15, -0.1) is 0 Å². The second-order valence-electron chi connectivity index (χ2n) is 28.4. The van der Waals surface area contributed by atoms with Gasteiger partial charge in [0.1, 0.15) is 5.58 Å². The van der Waals surface area contributed by atoms with Crippen LogP contribution in [-0.4, -0.2) is 11.4 Å². The van der Waals surface area contributed by atoms with Crippen LogP contribution in [-0.2, 0) is 27.1 Å². The molecule has 2 aliphatic rings. The summed E-state index contributed by atoms with van der Waals surface area (Å²) >= 11 is 0. The minimum absolute atomic E-state index is 0.00902. The zero-order valence-corrected chi connectivity index (χ0v) is 50.2. The highest BCUT2D eigenvalue weighted by Crippen LogP contribution is 2.53. The molecule has 4 heterocycles. The molecule has 0 amide bonds. The highest BCUT2D eigenvalue weighted by atomic mass is 16.3. The molecule has 0 atom stereocenters. The van der Waals surface area contributed by atoms with Gasteiger partial charge in [-0.3, -0.25) is 0 Å². The van der Waals surface area contributed by atoms with Crippen LogP contribution in [0.15, 0.2) is 192 Å². The molecule has 9 aromatic carbocycles. The topological polar surface area (TPSA) is 24.6 Å². The molecule has 2 aliphatic heterocycles. The summed E-state index contributed by atoms with van der Waals surface area (Å²) < 4.78 is 10.3. The molecule has 0 fully saturated rings. The van der Waals surface area contributed by atoms with E-state index < -0.39 is 0 Å². The van der Waals surface area contributed by atoms with Crippen molar-refractivity contribution in [1.29, 1.82) is 0 Å². The molecule has 0 bridgehead atoms. The molecule has 4 nitrogen and oxygen atoms in total. The van der Waals surface area contributed by atoms with Gasteiger partial charge in [0.2, 0.25) is 0 Å². The van der Waals surface area contributed by atoms with E-state index in [0.717, 1.165) is 39.8 Å². The SMILES string of the molecule is CC(C)(C)c1ccc(N2B3c4c(cc(C(C)(C)C)cc4-n4c5ccc(N(c6ccc(-c7ccccc7)cc6)c6ccc(-c7ccccc7)cc6)cc5c5cc(C(C)(C)C)cc3c54)-c3oc4c(C(C)(C)C)cc(C(C)(C)C)cc4c32)cc1. The van der Waals surface area contributed by atoms with E-state index in [-0.39, 0.29) is 33.9 Å². The fraction of sp³-hybridized carbons (Fsp3) is 0.263. The third kappa shape index (κ3) is 8.73. The van der Waals surface area contributed by atoms with Crippen LogP contribution in [0.25, 0.3) is 72.0 Å². The van der Waals surface area contributed by atoms with E-state index in [0.29, 0.717) is 0 Å². The van der Waals surface area contributed by atoms with E-state index in [4.69, 9.17) is 4.42 Å². The minimum Gasteiger partial charge on any atom is -0.454 e. The van der Waals surface area contributed by atoms with Crippen LogP contribution in [0.1, 0.15) is 132 Å². The molecular formula is C76H76BN3O. The van der Waals surface area contributed by atoms with Crippen LogP contribution in [0.3, 0.4) is 0 Å². The van der Waals surface area contributed by atoms with Crippen LogP contribution in [0.4, 0.5) is 28.4 Å². The zero-order chi connectivity index (χ0) is 56.9. The molecule has 0 aliphatic carbocycles. The van der Waals surface area contributed by atoms with Crippen molar-refractivity contribution in [3.63, 3.8) is 0 Å². The Balaban J connectivity index is 1.12. The summed E-state index contributed by atoms with van der Waals surface area (Å²) in [6.07, 6.45) is 0. The van der Waals surface area contributed by atoms with Gasteiger partial charge in [0.05, 0.1) is 16.7 Å². The Kier molecular flexibility index (Phi) is 11.8. The summed E-state index contributed by atoms with van der Waals surface area (Å²) in [5, 5.41) is 3.66. The van der Waals surface area contributed by atoms with E-state index in [2.05, 4.69) is 306 Å². The molecule has 11 aromatic rings. The molecule has 0 saturated heterocycles. The molecule has 2 aromatic heterocycles. The smallest absolute Gasteiger partial charge is 0.333 e. The Labute approximate surface area is 481 Å². The van der Waals surface area contributed by atoms with Gasteiger partial charge in [-0.1, -0.05) is 213 Å². The van der Waals surface area contributed by atoms with E-state index in [1.54, 1.807) is 0 Å². The Bertz CT molecular complexity index is 4180. The van der Waals surface area contributed by atoms with Gasteiger partial charge >= 0.3 is 6.85 Å². The first-order valence-corrected chi connectivity index (χ1v) is 29.3. The van der Waals surface area contributed by atoms with E-state index in [9.17, 15) is 0 Å². The van der Waals surface area contributed by atoms with E-state index in [1.165, 1.54) is 99.4 Å². The van der Waals surface area contributed by atoms with Crippen molar-refractivity contribution in [2.24, 2.45) is 0 Å². The highest BCUT2D eigenvalue weighted by molar-refractivity contribution is 6.93. The van der Waals surface area contributed by atoms with Crippen molar-refractivity contribution in [2.45, 2.75) is 131 Å². The van der Waals surface area contributed by atoms with Gasteiger partial charge in [-0.2, -0.15) is 0 Å². The number of furan rings is 1. The third-order valence-electron chi connectivity index (χ3n) is 17.5. The third-order valence-corrected chi connectivity index (χ3v) is 17.5. The standard InChI is InChI=1S/C76H76BN3O/c1-72(2,3)51-30-36-57(37-31-51)80-69-62-42-52(73(4,5)6)43-63(76(13,14)15)70(62)81-71(69)61-41-54(75(10,11)12)45-66-67(61)77(80)64-44-53(74(7,8)9)40-60-59-46-58(38-39-65(59)79(66)68(60)64)78(55-32-26-49(27-33-55)47-22-18-16-19-23-47)56-34-28-50(29-35-56)48-24-20-17-21-25-48/h16-46H,1-15H3. The summed E-state index contributed by atoms with van der Waals surface area (Å²) in [5.41, 5.74) is 24.6. The number of benzene rings is 9. The first-order valence-electron chi connectivity index (χ1n) is 29.3. The number of aromatic nitrogens is 1. The first kappa shape index (κ1) is 52.4. The summed E-state index contributed by atoms with van der Waals surface area (Å²) in [4.78, 5) is 5.12. The Morgan fingerprint density at radius 2 is 0.901 bits per heavy atom. The largest absolute Gasteiger partial charge is 0.454 e. The van der Waals surface area contributed by atoms with E-state index >= 15 is 0 Å². The number of fused-ring (bicyclic) bond motifs is 9. The van der Waals surface area contributed by atoms with Gasteiger partial charge in [0.25, 0.3) is 0 Å². The molecule has 0 radical (unpaired) electrons. The maximum absolute atomic E-state index is 7.65. The number of nitrogens with zero attached hydrogens (tertiary/aromatic N) is 3. The van der Waals surface area contributed by atoms with Gasteiger partial charge in [-0.05, 0) is 161 Å². The molecular weight excluding hydrogens is 982 g/mol. The predicted octanol–water partition coefficient (Wildman–Crippen LogP) is 20.1. The maximum atomic E-state index is 7.65. The normalized spacial score (nSPS) is 13.6. The van der Waals surface area contributed by atoms with Gasteiger partial charge in [0, 0.05) is 55.7 Å². The van der Waals surface area contributed by atoms with Gasteiger partial charge < -0.3 is 18.7 Å². The van der Waals surface area contributed by atoms with Crippen LogP contribution < -0.4 is 20.6 Å². The summed E-state index contributed by atoms with van der Waals surface area (Å²) in [5.74, 6) is 0.942. The predicted molar refractivity (Wildman–Crippen MR) is 349 cm³/mol. The summed E-state index contributed by atoms with van der Waals surface area (Å²) in [7, 11) is 0. The number of anilines is 5. The van der Waals surface area contributed by atoms with Crippen LogP contribution in [0.2, 0.25) is 0 Å². The lowest BCUT2D eigenvalue weighted by Crippen LogP contribution is -2.60. The minimum atomic E-state index is -0.182. The van der Waals surface area contributed by atoms with Crippen molar-refractivity contribution in [3.8, 4) is 39.3 Å². The maximum Gasteiger partial charge on any atom is 0.333 e. The lowest BCUT2D eigenvalue weighted by Gasteiger charge is -2.41. The second kappa shape index (κ2) is 18.2. The first-order chi connectivity index (χ1) is 38.3. The average molecular weight is 1060 g/mol. The monoisotopic (exact) mass is 1060 g/mol. The summed E-state index contributed by atoms with van der Waals surface area (Å²) in [6.45, 7) is 35.0. The average Bonchev–Trinajstić information content (AvgIpc) is 2.07. The van der Waals surface area contributed by atoms with Crippen LogP contribution in [0, 0.1) is 0 Å². The van der Waals surface area contributed by atoms with Crippen molar-refractivity contribution in [1.82, 2.24) is 4.57 Å². The quantitative estimate of drug-likeness (QED) is 0.155. The Hall–Kier alpha value is -8.02. The van der Waals surface area contributed by atoms with Gasteiger partial charge in [0.15, 0.2) is 5.76 Å². The number of hydrogen-bond acceptors (Lipinski definition) is 3. The molecule has 81 heavy (non-hydrogen) atoms. The molecule has 5 heteroatoms. The molecule has 0 unspecified atom stereocenters. The lowest BCUT2D eigenvalue weighted by molar-refractivity contribution is 0.553. The second-order valence-corrected chi connectivity index (χ2v) is 28.4. The van der Waals surface area contributed by atoms with Gasteiger partial charge in [-0.25, -0.2) is 0 Å². The summed E-state index contributed by atoms with van der Waals surface area (Å²) in [6, 6.07) is 71.2. The molecule has 13 rings (SSSR count). The van der Waals surface area contributed by atoms with Crippen molar-refractivity contribution in [3.05, 3.63) is 216 Å². The highest BCUT2D eigenvalue weighted by Gasteiger charge is 2.48. The van der Waals surface area contributed by atoms with Crippen molar-refractivity contribution < 1.29 is 4.42 Å². The molecule has 0 spiro atoms. The lowest BCUT2D eigenvalue weighted by atomic mass is 9.43. The fourth-order valence-corrected chi connectivity index (χ4v) is 12.8. The van der Waals surface area contributed by atoms with Crippen LogP contribution in [0.5, 0.6) is 0 Å². The molecule has 0 saturated carbocycles. The van der Waals surface area contributed by atoms with E-state index in [1.807, 2.05) is 0 Å². The van der Waals surface area contributed by atoms with Crippen molar-refractivity contribution in [2.75, 3.05) is 9.71 Å². The Morgan fingerprint density at radius 3 is 1.43 bits per heavy atom. The zero-order valence-electron chi connectivity index (χ0n) is 50.2. The fourth-order valence-electron chi connectivity index (χ4n) is 12.8. The Morgan fingerprint density at radius 1 is 0.407 bits per heavy atom. The molecule has 404 valence electrons. The van der Waals surface area contributed by atoms with Crippen LogP contribution >= 0.6 is 0 Å². The number of hydrogen-bond donors (Lipinski definition) is 0. The number of rotatable bonds is 6.